The normalized spacial score (nSPS) is 26.6. The van der Waals surface area contributed by atoms with Crippen molar-refractivity contribution >= 4 is 5.82 Å². The van der Waals surface area contributed by atoms with Crippen molar-refractivity contribution in [3.63, 3.8) is 0 Å². The van der Waals surface area contributed by atoms with Gasteiger partial charge in [-0.3, -0.25) is 0 Å². The first-order valence-electron chi connectivity index (χ1n) is 7.90. The Morgan fingerprint density at radius 1 is 1.26 bits per heavy atom. The first kappa shape index (κ1) is 12.9. The molecule has 2 fully saturated rings. The molecule has 0 radical (unpaired) electrons. The summed E-state index contributed by atoms with van der Waals surface area (Å²) in [4.78, 5) is 9.62. The molecule has 0 aromatic carbocycles. The van der Waals surface area contributed by atoms with Gasteiger partial charge in [-0.15, -0.1) is 0 Å². The first-order chi connectivity index (χ1) is 9.28. The van der Waals surface area contributed by atoms with Gasteiger partial charge in [-0.1, -0.05) is 26.7 Å². The topological polar surface area (TPSA) is 37.8 Å². The van der Waals surface area contributed by atoms with E-state index in [1.165, 1.54) is 37.8 Å². The smallest absolute Gasteiger partial charge is 0.134 e. The minimum absolute atomic E-state index is 0.614. The highest BCUT2D eigenvalue weighted by Crippen LogP contribution is 2.46. The Balaban J connectivity index is 1.84. The summed E-state index contributed by atoms with van der Waals surface area (Å²) >= 11 is 0. The molecule has 0 saturated heterocycles. The molecule has 2 unspecified atom stereocenters. The third kappa shape index (κ3) is 2.90. The molecule has 2 atom stereocenters. The van der Waals surface area contributed by atoms with Crippen molar-refractivity contribution in [1.82, 2.24) is 9.97 Å². The number of nitrogens with zero attached hydrogens (tertiary/aromatic N) is 2. The Kier molecular flexibility index (Phi) is 3.72. The Labute approximate surface area is 116 Å². The van der Waals surface area contributed by atoms with Crippen molar-refractivity contribution in [2.24, 2.45) is 5.92 Å². The quantitative estimate of drug-likeness (QED) is 0.865. The maximum absolute atomic E-state index is 4.88. The Morgan fingerprint density at radius 2 is 2.00 bits per heavy atom. The zero-order valence-electron chi connectivity index (χ0n) is 12.2. The third-order valence-corrected chi connectivity index (χ3v) is 4.53. The van der Waals surface area contributed by atoms with Crippen LogP contribution in [0.25, 0.3) is 0 Å². The summed E-state index contributed by atoms with van der Waals surface area (Å²) in [6.45, 7) is 5.49. The number of nitrogens with one attached hydrogen (secondary N) is 1. The van der Waals surface area contributed by atoms with E-state index in [2.05, 4.69) is 25.2 Å². The maximum atomic E-state index is 4.88. The van der Waals surface area contributed by atoms with Crippen LogP contribution in [0.5, 0.6) is 0 Å². The highest BCUT2D eigenvalue weighted by molar-refractivity contribution is 5.38. The lowest BCUT2D eigenvalue weighted by atomic mass is 10.0. The van der Waals surface area contributed by atoms with E-state index in [4.69, 9.17) is 9.97 Å². The van der Waals surface area contributed by atoms with Crippen LogP contribution in [-0.2, 0) is 0 Å². The van der Waals surface area contributed by atoms with Crippen molar-refractivity contribution in [2.45, 2.75) is 64.2 Å². The maximum Gasteiger partial charge on any atom is 0.134 e. The lowest BCUT2D eigenvalue weighted by Crippen LogP contribution is -2.08. The molecular weight excluding hydrogens is 234 g/mol. The van der Waals surface area contributed by atoms with Gasteiger partial charge in [0.05, 0.1) is 0 Å². The summed E-state index contributed by atoms with van der Waals surface area (Å²) < 4.78 is 0. The molecule has 0 spiro atoms. The minimum atomic E-state index is 0.614. The summed E-state index contributed by atoms with van der Waals surface area (Å²) in [6, 6.07) is 2.20. The van der Waals surface area contributed by atoms with Crippen LogP contribution < -0.4 is 5.32 Å². The molecule has 2 aliphatic carbocycles. The standard InChI is InChI=1S/C16H25N3/c1-3-8-17-15-10-14(12-6-4-5-7-12)18-16(19-15)13-9-11(13)2/h10-13H,3-9H2,1-2H3,(H,17,18,19). The average Bonchev–Trinajstić information content (AvgIpc) is 2.94. The fraction of sp³-hybridized carbons (Fsp3) is 0.750. The molecule has 2 saturated carbocycles. The van der Waals surface area contributed by atoms with E-state index in [-0.39, 0.29) is 0 Å². The van der Waals surface area contributed by atoms with Crippen molar-refractivity contribution in [3.05, 3.63) is 17.6 Å². The van der Waals surface area contributed by atoms with E-state index in [9.17, 15) is 0 Å². The third-order valence-electron chi connectivity index (χ3n) is 4.53. The van der Waals surface area contributed by atoms with E-state index in [1.807, 2.05) is 0 Å². The van der Waals surface area contributed by atoms with Crippen LogP contribution in [-0.4, -0.2) is 16.5 Å². The lowest BCUT2D eigenvalue weighted by Gasteiger charge is -2.13. The van der Waals surface area contributed by atoms with Gasteiger partial charge in [0, 0.05) is 30.1 Å². The molecular formula is C16H25N3. The van der Waals surface area contributed by atoms with Crippen molar-refractivity contribution < 1.29 is 0 Å². The lowest BCUT2D eigenvalue weighted by molar-refractivity contribution is 0.680. The summed E-state index contributed by atoms with van der Waals surface area (Å²) in [5.41, 5.74) is 1.29. The second-order valence-electron chi connectivity index (χ2n) is 6.26. The van der Waals surface area contributed by atoms with Crippen LogP contribution >= 0.6 is 0 Å². The van der Waals surface area contributed by atoms with Gasteiger partial charge in [0.25, 0.3) is 0 Å². The number of rotatable bonds is 5. The monoisotopic (exact) mass is 259 g/mol. The fourth-order valence-electron chi connectivity index (χ4n) is 3.11. The van der Waals surface area contributed by atoms with Crippen LogP contribution in [0.2, 0.25) is 0 Å². The molecule has 1 N–H and O–H groups in total. The Morgan fingerprint density at radius 3 is 2.63 bits per heavy atom. The minimum Gasteiger partial charge on any atom is -0.370 e. The number of aromatic nitrogens is 2. The SMILES string of the molecule is CCCNc1cc(C2CCCC2)nc(C2CC2C)n1. The molecule has 19 heavy (non-hydrogen) atoms. The van der Waals surface area contributed by atoms with Crippen LogP contribution in [0.4, 0.5) is 5.82 Å². The second kappa shape index (κ2) is 5.48. The molecule has 0 bridgehead atoms. The van der Waals surface area contributed by atoms with E-state index in [1.54, 1.807) is 0 Å². The van der Waals surface area contributed by atoms with E-state index in [0.29, 0.717) is 11.8 Å². The molecule has 1 aromatic heterocycles. The number of hydrogen-bond donors (Lipinski definition) is 1. The number of hydrogen-bond acceptors (Lipinski definition) is 3. The van der Waals surface area contributed by atoms with Gasteiger partial charge >= 0.3 is 0 Å². The molecule has 1 heterocycles. The molecule has 2 aliphatic rings. The van der Waals surface area contributed by atoms with Crippen LogP contribution in [0.1, 0.15) is 75.7 Å². The van der Waals surface area contributed by atoms with Gasteiger partial charge in [0.15, 0.2) is 0 Å². The molecule has 104 valence electrons. The molecule has 1 aromatic rings. The van der Waals surface area contributed by atoms with Crippen molar-refractivity contribution in [1.29, 1.82) is 0 Å². The Bertz CT molecular complexity index is 438. The van der Waals surface area contributed by atoms with Crippen molar-refractivity contribution in [3.8, 4) is 0 Å². The van der Waals surface area contributed by atoms with Crippen molar-refractivity contribution in [2.75, 3.05) is 11.9 Å². The summed E-state index contributed by atoms with van der Waals surface area (Å²) in [5, 5.41) is 3.44. The average molecular weight is 259 g/mol. The van der Waals surface area contributed by atoms with Gasteiger partial charge in [-0.2, -0.15) is 0 Å². The molecule has 0 aliphatic heterocycles. The highest BCUT2D eigenvalue weighted by atomic mass is 15.0. The van der Waals surface area contributed by atoms with E-state index in [0.717, 1.165) is 30.5 Å². The van der Waals surface area contributed by atoms with Crippen LogP contribution in [0, 0.1) is 5.92 Å². The largest absolute Gasteiger partial charge is 0.370 e. The van der Waals surface area contributed by atoms with Crippen LogP contribution in [0.15, 0.2) is 6.07 Å². The van der Waals surface area contributed by atoms with Gasteiger partial charge in [0.2, 0.25) is 0 Å². The van der Waals surface area contributed by atoms with Gasteiger partial charge in [-0.25, -0.2) is 9.97 Å². The predicted molar refractivity (Wildman–Crippen MR) is 78.5 cm³/mol. The van der Waals surface area contributed by atoms with Gasteiger partial charge in [-0.05, 0) is 31.6 Å². The first-order valence-corrected chi connectivity index (χ1v) is 7.90. The van der Waals surface area contributed by atoms with Gasteiger partial charge in [0.1, 0.15) is 11.6 Å². The molecule has 3 heteroatoms. The highest BCUT2D eigenvalue weighted by Gasteiger charge is 2.37. The molecule has 0 amide bonds. The predicted octanol–water partition coefficient (Wildman–Crippen LogP) is 4.08. The molecule has 3 rings (SSSR count). The van der Waals surface area contributed by atoms with Crippen LogP contribution in [0.3, 0.4) is 0 Å². The van der Waals surface area contributed by atoms with Gasteiger partial charge < -0.3 is 5.32 Å². The molecule has 3 nitrogen and oxygen atoms in total. The van der Waals surface area contributed by atoms with E-state index >= 15 is 0 Å². The Hall–Kier alpha value is -1.12. The zero-order chi connectivity index (χ0) is 13.2. The van der Waals surface area contributed by atoms with E-state index < -0.39 is 0 Å². The summed E-state index contributed by atoms with van der Waals surface area (Å²) in [7, 11) is 0. The second-order valence-corrected chi connectivity index (χ2v) is 6.26. The fourth-order valence-corrected chi connectivity index (χ4v) is 3.11. The summed E-state index contributed by atoms with van der Waals surface area (Å²) in [5.74, 6) is 4.21. The zero-order valence-corrected chi connectivity index (χ0v) is 12.2. The summed E-state index contributed by atoms with van der Waals surface area (Å²) in [6.07, 6.45) is 7.75. The number of anilines is 1.